The minimum atomic E-state index is -0.129. The number of carbonyl (C=O) groups is 2. The molecule has 2 N–H and O–H groups in total. The van der Waals surface area contributed by atoms with Crippen molar-refractivity contribution in [2.24, 2.45) is 5.92 Å². The number of hydrogen-bond donors (Lipinski definition) is 2. The molecule has 2 fully saturated rings. The molecule has 10 heteroatoms. The Balaban J connectivity index is 1.40. The number of hydrogen-bond acceptors (Lipinski definition) is 8. The fourth-order valence-corrected chi connectivity index (χ4v) is 5.88. The topological polar surface area (TPSA) is 103 Å². The quantitative estimate of drug-likeness (QED) is 0.596. The lowest BCUT2D eigenvalue weighted by Crippen LogP contribution is -2.41. The Bertz CT molecular complexity index is 1180. The largest absolute Gasteiger partial charge is 0.495 e. The number of benzene rings is 1. The lowest BCUT2D eigenvalue weighted by molar-refractivity contribution is -0.121. The molecule has 2 amide bonds. The Kier molecular flexibility index (Phi) is 7.69. The van der Waals surface area contributed by atoms with Gasteiger partial charge < -0.3 is 30.1 Å². The average Bonchev–Trinajstić information content (AvgIpc) is 3.31. The molecule has 1 saturated carbocycles. The van der Waals surface area contributed by atoms with Gasteiger partial charge in [-0.25, -0.2) is 4.98 Å². The van der Waals surface area contributed by atoms with Crippen molar-refractivity contribution in [3.05, 3.63) is 30.0 Å². The number of likely N-dealkylation sites (N-methyl/N-ethyl adjacent to an activating group) is 1. The van der Waals surface area contributed by atoms with Gasteiger partial charge in [-0.05, 0) is 51.1 Å². The molecule has 0 spiro atoms. The van der Waals surface area contributed by atoms with Crippen LogP contribution in [-0.4, -0.2) is 79.6 Å². The van der Waals surface area contributed by atoms with Gasteiger partial charge >= 0.3 is 0 Å². The highest BCUT2D eigenvalue weighted by molar-refractivity contribution is 5.99. The summed E-state index contributed by atoms with van der Waals surface area (Å²) in [5.41, 5.74) is 1.94. The molecule has 2 aliphatic heterocycles. The van der Waals surface area contributed by atoms with Crippen molar-refractivity contribution >= 4 is 35.0 Å². The van der Waals surface area contributed by atoms with Gasteiger partial charge in [-0.2, -0.15) is 4.98 Å². The van der Waals surface area contributed by atoms with Crippen LogP contribution in [0.3, 0.4) is 0 Å². The monoisotopic (exact) mass is 521 g/mol. The second-order valence-electron chi connectivity index (χ2n) is 10.9. The first-order chi connectivity index (χ1) is 18.3. The summed E-state index contributed by atoms with van der Waals surface area (Å²) in [6, 6.07) is 5.86. The zero-order chi connectivity index (χ0) is 26.8. The van der Waals surface area contributed by atoms with E-state index in [9.17, 15) is 9.59 Å². The van der Waals surface area contributed by atoms with E-state index in [0.717, 1.165) is 43.9 Å². The normalized spacial score (nSPS) is 22.7. The zero-order valence-electron chi connectivity index (χ0n) is 22.9. The van der Waals surface area contributed by atoms with Crippen LogP contribution in [0.1, 0.15) is 55.8 Å². The molecule has 1 aromatic heterocycles. The summed E-state index contributed by atoms with van der Waals surface area (Å²) in [6.45, 7) is 4.47. The number of nitrogens with zero attached hydrogens (tertiary/aromatic N) is 5. The fourth-order valence-electron chi connectivity index (χ4n) is 5.88. The molecule has 2 atom stereocenters. The van der Waals surface area contributed by atoms with Crippen LogP contribution >= 0.6 is 0 Å². The van der Waals surface area contributed by atoms with Crippen molar-refractivity contribution in [1.29, 1.82) is 0 Å². The average molecular weight is 522 g/mol. The molecule has 10 nitrogen and oxygen atoms in total. The molecule has 38 heavy (non-hydrogen) atoms. The fraction of sp³-hybridized carbons (Fsp3) is 0.571. The van der Waals surface area contributed by atoms with E-state index in [2.05, 4.69) is 32.5 Å². The number of likely N-dealkylation sites (tertiary alicyclic amines) is 1. The molecule has 1 saturated heterocycles. The predicted molar refractivity (Wildman–Crippen MR) is 148 cm³/mol. The lowest BCUT2D eigenvalue weighted by Gasteiger charge is -2.35. The molecule has 0 radical (unpaired) electrons. The second-order valence-corrected chi connectivity index (χ2v) is 10.9. The Morgan fingerprint density at radius 1 is 1.11 bits per heavy atom. The number of aromatic nitrogens is 2. The van der Waals surface area contributed by atoms with Crippen molar-refractivity contribution in [2.75, 3.05) is 56.0 Å². The molecule has 3 heterocycles. The van der Waals surface area contributed by atoms with Crippen LogP contribution in [0, 0.1) is 5.92 Å². The van der Waals surface area contributed by atoms with E-state index in [-0.39, 0.29) is 23.8 Å². The molecule has 1 aromatic carbocycles. The molecular weight excluding hydrogens is 482 g/mol. The van der Waals surface area contributed by atoms with Gasteiger partial charge in [0.15, 0.2) is 5.82 Å². The van der Waals surface area contributed by atoms with Gasteiger partial charge in [0.25, 0.3) is 5.91 Å². The summed E-state index contributed by atoms with van der Waals surface area (Å²) < 4.78 is 5.62. The Morgan fingerprint density at radius 2 is 1.89 bits per heavy atom. The number of nitrogens with one attached hydrogen (secondary N) is 2. The van der Waals surface area contributed by atoms with Crippen molar-refractivity contribution in [2.45, 2.75) is 57.5 Å². The second kappa shape index (κ2) is 11.1. The predicted octanol–water partition coefficient (Wildman–Crippen LogP) is 3.41. The third-order valence-corrected chi connectivity index (χ3v) is 8.06. The summed E-state index contributed by atoms with van der Waals surface area (Å²) in [7, 11) is 5.44. The molecular formula is C28H39N7O3. The highest BCUT2D eigenvalue weighted by Gasteiger charge is 2.34. The first kappa shape index (κ1) is 26.2. The van der Waals surface area contributed by atoms with Crippen LogP contribution < -0.4 is 25.2 Å². The van der Waals surface area contributed by atoms with Gasteiger partial charge in [-0.15, -0.1) is 0 Å². The molecule has 2 aromatic rings. The van der Waals surface area contributed by atoms with Crippen molar-refractivity contribution < 1.29 is 14.3 Å². The standard InChI is InChI=1S/C28H39N7O3/c1-18-16-35(21-8-6-5-7-9-21)25-23(34(3)27(18)37)15-29-28(32-25)31-22-11-10-19(14-24(22)38-4)26(36)30-20-12-13-33(2)17-20/h10-11,14-15,18,20-21H,5-9,12-13,16-17H2,1-4H3,(H,30,36)(H,29,31,32)/t18?,20-/m1/s1. The molecule has 0 bridgehead atoms. The number of fused-ring (bicyclic) bond motifs is 1. The minimum Gasteiger partial charge on any atom is -0.495 e. The summed E-state index contributed by atoms with van der Waals surface area (Å²) in [5, 5.41) is 6.40. The van der Waals surface area contributed by atoms with Gasteiger partial charge in [0.1, 0.15) is 11.4 Å². The summed E-state index contributed by atoms with van der Waals surface area (Å²) in [4.78, 5) is 41.5. The lowest BCUT2D eigenvalue weighted by atomic mass is 9.93. The SMILES string of the molecule is COc1cc(C(=O)N[C@@H]2CCN(C)C2)ccc1Nc1ncc2c(n1)N(C1CCCCC1)CC(C)C(=O)N2C. The van der Waals surface area contributed by atoms with E-state index < -0.39 is 0 Å². The molecule has 204 valence electrons. The maximum atomic E-state index is 13.0. The van der Waals surface area contributed by atoms with Crippen LogP contribution in [0.4, 0.5) is 23.1 Å². The highest BCUT2D eigenvalue weighted by Crippen LogP contribution is 2.37. The maximum absolute atomic E-state index is 13.0. The Hall–Kier alpha value is -3.40. The minimum absolute atomic E-state index is 0.0775. The highest BCUT2D eigenvalue weighted by atomic mass is 16.5. The van der Waals surface area contributed by atoms with E-state index in [1.807, 2.05) is 13.0 Å². The van der Waals surface area contributed by atoms with Crippen LogP contribution in [0.2, 0.25) is 0 Å². The summed E-state index contributed by atoms with van der Waals surface area (Å²) >= 11 is 0. The number of amides is 2. The van der Waals surface area contributed by atoms with E-state index >= 15 is 0 Å². The number of methoxy groups -OCH3 is 1. The maximum Gasteiger partial charge on any atom is 0.251 e. The van der Waals surface area contributed by atoms with E-state index in [0.29, 0.717) is 35.5 Å². The first-order valence-electron chi connectivity index (χ1n) is 13.7. The van der Waals surface area contributed by atoms with Gasteiger partial charge in [0.05, 0.1) is 24.9 Å². The summed E-state index contributed by atoms with van der Waals surface area (Å²) in [5.74, 6) is 1.58. The Labute approximate surface area is 224 Å². The van der Waals surface area contributed by atoms with E-state index in [1.54, 1.807) is 37.4 Å². The smallest absolute Gasteiger partial charge is 0.251 e. The third kappa shape index (κ3) is 5.41. The molecule has 3 aliphatic rings. The van der Waals surface area contributed by atoms with Crippen LogP contribution in [-0.2, 0) is 4.79 Å². The number of rotatable bonds is 6. The number of anilines is 4. The van der Waals surface area contributed by atoms with Crippen molar-refractivity contribution in [3.63, 3.8) is 0 Å². The number of ether oxygens (including phenoxy) is 1. The van der Waals surface area contributed by atoms with Crippen LogP contribution in [0.5, 0.6) is 5.75 Å². The number of carbonyl (C=O) groups excluding carboxylic acids is 2. The van der Waals surface area contributed by atoms with Crippen molar-refractivity contribution in [3.8, 4) is 5.75 Å². The van der Waals surface area contributed by atoms with E-state index in [1.165, 1.54) is 19.3 Å². The van der Waals surface area contributed by atoms with Crippen molar-refractivity contribution in [1.82, 2.24) is 20.2 Å². The Morgan fingerprint density at radius 3 is 2.61 bits per heavy atom. The molecule has 5 rings (SSSR count). The van der Waals surface area contributed by atoms with Crippen LogP contribution in [0.15, 0.2) is 24.4 Å². The van der Waals surface area contributed by atoms with E-state index in [4.69, 9.17) is 9.72 Å². The molecule has 1 aliphatic carbocycles. The third-order valence-electron chi connectivity index (χ3n) is 8.06. The van der Waals surface area contributed by atoms with Gasteiger partial charge in [0.2, 0.25) is 11.9 Å². The zero-order valence-corrected chi connectivity index (χ0v) is 22.9. The van der Waals surface area contributed by atoms with Gasteiger partial charge in [-0.1, -0.05) is 26.2 Å². The van der Waals surface area contributed by atoms with Gasteiger partial charge in [0, 0.05) is 37.8 Å². The van der Waals surface area contributed by atoms with Crippen LogP contribution in [0.25, 0.3) is 0 Å². The molecule has 1 unspecified atom stereocenters. The summed E-state index contributed by atoms with van der Waals surface area (Å²) in [6.07, 6.45) is 8.53. The first-order valence-corrected chi connectivity index (χ1v) is 13.7. The van der Waals surface area contributed by atoms with Gasteiger partial charge in [-0.3, -0.25) is 9.59 Å².